The highest BCUT2D eigenvalue weighted by Gasteiger charge is 2.57. The number of alkyl halides is 1. The van der Waals surface area contributed by atoms with Crippen molar-refractivity contribution in [3.05, 3.63) is 33.1 Å². The van der Waals surface area contributed by atoms with Crippen molar-refractivity contribution < 1.29 is 57.5 Å². The number of H-pyrrole nitrogens is 1. The molecule has 8 N–H and O–H groups in total. The van der Waals surface area contributed by atoms with Crippen molar-refractivity contribution in [2.24, 2.45) is 0 Å². The molecule has 0 aliphatic carbocycles. The van der Waals surface area contributed by atoms with Gasteiger partial charge in [0.05, 0.1) is 6.61 Å². The molecule has 1 fully saturated rings. The Kier molecular flexibility index (Phi) is 7.37. The number of hydrogen-bond acceptors (Lipinski definition) is 9. The lowest BCUT2D eigenvalue weighted by molar-refractivity contribution is -0.239. The van der Waals surface area contributed by atoms with Gasteiger partial charge in [-0.15, -0.1) is 0 Å². The summed E-state index contributed by atoms with van der Waals surface area (Å²) in [5, 5.41) is 27.8. The third kappa shape index (κ3) is 6.38. The van der Waals surface area contributed by atoms with Gasteiger partial charge in [-0.05, 0) is 0 Å². The molecule has 0 unspecified atom stereocenters. The first kappa shape index (κ1) is 23.7. The monoisotopic (exact) mass is 440 g/mol. The standard InChI is InChI=1S/C9H11FN2O6.H4O7P2/c10-9(7(16)6(15)4(3-13)18-9)12-2-1-5(14)11-8(12)17;1-8(2,3)7-9(4,5)6/h1-2,4,6-7,13,15-16H,3H2,(H,11,14,17);(H2,1,2,3)(H2,4,5,6)/t4-,6-,7-,9+;/m1./s1. The first-order valence-corrected chi connectivity index (χ1v) is 9.65. The number of aromatic nitrogens is 2. The van der Waals surface area contributed by atoms with Crippen molar-refractivity contribution in [3.63, 3.8) is 0 Å². The Morgan fingerprint density at radius 2 is 1.74 bits per heavy atom. The normalized spacial score (nSPS) is 28.5. The summed E-state index contributed by atoms with van der Waals surface area (Å²) in [5.74, 6) is -3.05. The molecule has 0 aromatic carbocycles. The lowest BCUT2D eigenvalue weighted by atomic mass is 10.1. The van der Waals surface area contributed by atoms with Gasteiger partial charge in [0.2, 0.25) is 0 Å². The number of nitrogens with one attached hydrogen (secondary N) is 1. The predicted octanol–water partition coefficient (Wildman–Crippen LogP) is -3.58. The minimum atomic E-state index is -5.05. The number of halogens is 1. The first-order chi connectivity index (χ1) is 12.1. The van der Waals surface area contributed by atoms with E-state index in [1.54, 1.807) is 4.98 Å². The fraction of sp³-hybridized carbons (Fsp3) is 0.556. The largest absolute Gasteiger partial charge is 0.478 e. The Hall–Kier alpha value is -1.29. The van der Waals surface area contributed by atoms with Crippen LogP contribution in [0.1, 0.15) is 0 Å². The number of aliphatic hydroxyl groups is 3. The van der Waals surface area contributed by atoms with Gasteiger partial charge < -0.3 is 39.6 Å². The highest BCUT2D eigenvalue weighted by atomic mass is 31.3. The summed E-state index contributed by atoms with van der Waals surface area (Å²) in [5.41, 5.74) is -1.89. The van der Waals surface area contributed by atoms with Crippen LogP contribution >= 0.6 is 15.6 Å². The molecule has 156 valence electrons. The molecule has 1 saturated heterocycles. The Bertz CT molecular complexity index is 840. The van der Waals surface area contributed by atoms with Crippen molar-refractivity contribution in [2.75, 3.05) is 6.61 Å². The van der Waals surface area contributed by atoms with Gasteiger partial charge in [0.1, 0.15) is 12.2 Å². The SMILES string of the molecule is O=P(O)(O)OP(=O)(O)O.O=c1ccn([C@]2(F)O[C@H](CO)[C@@H](O)[C@H]2O)c(=O)[nH]1. The summed E-state index contributed by atoms with van der Waals surface area (Å²) in [7, 11) is -10.1. The average Bonchev–Trinajstić information content (AvgIpc) is 2.69. The first-order valence-electron chi connectivity index (χ1n) is 6.59. The second kappa shape index (κ2) is 8.38. The van der Waals surface area contributed by atoms with Gasteiger partial charge in [0.25, 0.3) is 5.56 Å². The topological polar surface area (TPSA) is 249 Å². The number of phosphoric acid groups is 2. The van der Waals surface area contributed by atoms with Gasteiger partial charge in [-0.1, -0.05) is 0 Å². The molecular formula is C9H15FN2O13P2. The van der Waals surface area contributed by atoms with Crippen LogP contribution in [0.5, 0.6) is 0 Å². The smallest absolute Gasteiger partial charge is 0.394 e. The second-order valence-corrected chi connectivity index (χ2v) is 7.54. The summed E-state index contributed by atoms with van der Waals surface area (Å²) in [6.45, 7) is -0.734. The van der Waals surface area contributed by atoms with Gasteiger partial charge >= 0.3 is 27.3 Å². The number of aliphatic hydroxyl groups excluding tert-OH is 3. The zero-order valence-electron chi connectivity index (χ0n) is 12.9. The van der Waals surface area contributed by atoms with Crippen molar-refractivity contribution in [1.82, 2.24) is 9.55 Å². The summed E-state index contributed by atoms with van der Waals surface area (Å²) in [4.78, 5) is 55.0. The van der Waals surface area contributed by atoms with E-state index in [4.69, 9.17) is 24.7 Å². The zero-order chi connectivity index (χ0) is 21.2. The van der Waals surface area contributed by atoms with Gasteiger partial charge in [-0.3, -0.25) is 9.78 Å². The summed E-state index contributed by atoms with van der Waals surface area (Å²) >= 11 is 0. The Labute approximate surface area is 147 Å². The van der Waals surface area contributed by atoms with Crippen LogP contribution in [0.3, 0.4) is 0 Å². The molecule has 0 spiro atoms. The number of ether oxygens (including phenoxy) is 1. The number of aromatic amines is 1. The van der Waals surface area contributed by atoms with Crippen molar-refractivity contribution in [3.8, 4) is 0 Å². The molecule has 1 aliphatic rings. The molecule has 1 aliphatic heterocycles. The summed E-state index contributed by atoms with van der Waals surface area (Å²) < 4.78 is 41.6. The molecule has 1 aromatic heterocycles. The molecule has 2 heterocycles. The van der Waals surface area contributed by atoms with Crippen LogP contribution in [-0.4, -0.2) is 69.4 Å². The van der Waals surface area contributed by atoms with Crippen LogP contribution in [-0.2, 0) is 24.2 Å². The van der Waals surface area contributed by atoms with Crippen LogP contribution in [0.2, 0.25) is 0 Å². The molecule has 18 heteroatoms. The zero-order valence-corrected chi connectivity index (χ0v) is 14.7. The highest BCUT2D eigenvalue weighted by Crippen LogP contribution is 2.53. The van der Waals surface area contributed by atoms with Gasteiger partial charge in [0.15, 0.2) is 6.10 Å². The summed E-state index contributed by atoms with van der Waals surface area (Å²) in [6.07, 6.45) is -4.35. The lowest BCUT2D eigenvalue weighted by Gasteiger charge is -2.24. The molecular weight excluding hydrogens is 425 g/mol. The van der Waals surface area contributed by atoms with Crippen LogP contribution in [0.25, 0.3) is 0 Å². The van der Waals surface area contributed by atoms with E-state index < -0.39 is 57.8 Å². The molecule has 0 radical (unpaired) electrons. The van der Waals surface area contributed by atoms with E-state index in [9.17, 15) is 33.3 Å². The predicted molar refractivity (Wildman–Crippen MR) is 79.6 cm³/mol. The van der Waals surface area contributed by atoms with E-state index >= 15 is 0 Å². The van der Waals surface area contributed by atoms with E-state index in [0.29, 0.717) is 4.57 Å². The Morgan fingerprint density at radius 1 is 1.22 bits per heavy atom. The molecule has 2 rings (SSSR count). The molecule has 4 atom stereocenters. The van der Waals surface area contributed by atoms with Crippen LogP contribution in [0, 0.1) is 0 Å². The second-order valence-electron chi connectivity index (χ2n) is 4.93. The van der Waals surface area contributed by atoms with Gasteiger partial charge in [0, 0.05) is 12.3 Å². The van der Waals surface area contributed by atoms with E-state index in [0.717, 1.165) is 12.3 Å². The van der Waals surface area contributed by atoms with Gasteiger partial charge in [-0.2, -0.15) is 8.70 Å². The number of hydrogen-bond donors (Lipinski definition) is 8. The minimum Gasteiger partial charge on any atom is -0.394 e. The third-order valence-corrected chi connectivity index (χ3v) is 4.63. The van der Waals surface area contributed by atoms with E-state index in [-0.39, 0.29) is 0 Å². The van der Waals surface area contributed by atoms with Crippen molar-refractivity contribution in [1.29, 1.82) is 0 Å². The van der Waals surface area contributed by atoms with Crippen molar-refractivity contribution >= 4 is 15.6 Å². The number of nitrogens with zero attached hydrogens (tertiary/aromatic N) is 1. The number of rotatable bonds is 4. The van der Waals surface area contributed by atoms with E-state index in [1.807, 2.05) is 0 Å². The fourth-order valence-electron chi connectivity index (χ4n) is 1.91. The molecule has 0 bridgehead atoms. The molecule has 0 saturated carbocycles. The fourth-order valence-corrected chi connectivity index (χ4v) is 3.01. The highest BCUT2D eigenvalue weighted by molar-refractivity contribution is 7.60. The minimum absolute atomic E-state index is 0.304. The van der Waals surface area contributed by atoms with Gasteiger partial charge in [-0.25, -0.2) is 18.5 Å². The maximum Gasteiger partial charge on any atom is 0.478 e. The Balaban J connectivity index is 0.000000345. The maximum absolute atomic E-state index is 14.4. The van der Waals surface area contributed by atoms with Crippen molar-refractivity contribution in [2.45, 2.75) is 24.3 Å². The van der Waals surface area contributed by atoms with E-state index in [1.165, 1.54) is 0 Å². The average molecular weight is 440 g/mol. The summed E-state index contributed by atoms with van der Waals surface area (Å²) in [6, 6.07) is 0.859. The lowest BCUT2D eigenvalue weighted by Crippen LogP contribution is -2.48. The quantitative estimate of drug-likeness (QED) is 0.211. The molecule has 27 heavy (non-hydrogen) atoms. The third-order valence-electron chi connectivity index (χ3n) is 2.93. The van der Waals surface area contributed by atoms with E-state index in [2.05, 4.69) is 9.05 Å². The molecule has 0 amide bonds. The Morgan fingerprint density at radius 3 is 2.07 bits per heavy atom. The van der Waals surface area contributed by atoms with Crippen LogP contribution in [0.15, 0.2) is 21.9 Å². The maximum atomic E-state index is 14.4. The van der Waals surface area contributed by atoms with Crippen LogP contribution < -0.4 is 11.2 Å². The van der Waals surface area contributed by atoms with Crippen LogP contribution in [0.4, 0.5) is 4.39 Å². The molecule has 1 aromatic rings. The molecule has 15 nitrogen and oxygen atoms in total.